The van der Waals surface area contributed by atoms with Gasteiger partial charge in [0, 0.05) is 29.7 Å². The number of hydrogen-bond donors (Lipinski definition) is 2. The molecule has 3 aromatic rings. The minimum absolute atomic E-state index is 0.0539. The number of aromatic nitrogens is 2. The van der Waals surface area contributed by atoms with Gasteiger partial charge >= 0.3 is 5.97 Å². The Kier molecular flexibility index (Phi) is 5.43. The Hall–Kier alpha value is -3.42. The number of pyridine rings is 1. The van der Waals surface area contributed by atoms with Crippen LogP contribution in [0.4, 0.5) is 11.5 Å². The van der Waals surface area contributed by atoms with Crippen molar-refractivity contribution < 1.29 is 14.5 Å². The first-order chi connectivity index (χ1) is 12.6. The maximum absolute atomic E-state index is 12.0. The highest BCUT2D eigenvalue weighted by Gasteiger charge is 2.09. The van der Waals surface area contributed by atoms with E-state index < -0.39 is 4.92 Å². The van der Waals surface area contributed by atoms with Crippen LogP contribution in [0.1, 0.15) is 12.0 Å². The highest BCUT2D eigenvalue weighted by atomic mass is 16.6. The van der Waals surface area contributed by atoms with E-state index in [4.69, 9.17) is 4.74 Å². The molecule has 8 heteroatoms. The van der Waals surface area contributed by atoms with Gasteiger partial charge in [-0.3, -0.25) is 14.9 Å². The van der Waals surface area contributed by atoms with Gasteiger partial charge in [0.05, 0.1) is 18.0 Å². The number of carbonyl (C=O) groups excluding carboxylic acids is 1. The lowest BCUT2D eigenvalue weighted by atomic mass is 10.1. The van der Waals surface area contributed by atoms with Gasteiger partial charge in [-0.15, -0.1) is 0 Å². The zero-order valence-electron chi connectivity index (χ0n) is 14.0. The van der Waals surface area contributed by atoms with Gasteiger partial charge in [-0.2, -0.15) is 0 Å². The van der Waals surface area contributed by atoms with Crippen LogP contribution in [-0.4, -0.2) is 34.0 Å². The molecule has 2 heterocycles. The molecule has 0 aliphatic rings. The molecule has 0 saturated carbocycles. The number of nitro groups is 1. The molecule has 0 amide bonds. The number of benzene rings is 1. The maximum Gasteiger partial charge on any atom is 0.310 e. The van der Waals surface area contributed by atoms with E-state index in [2.05, 4.69) is 15.3 Å². The van der Waals surface area contributed by atoms with Crippen LogP contribution in [0.2, 0.25) is 0 Å². The van der Waals surface area contributed by atoms with E-state index in [-0.39, 0.29) is 18.1 Å². The van der Waals surface area contributed by atoms with Crippen LogP contribution in [-0.2, 0) is 16.0 Å². The molecule has 2 N–H and O–H groups in total. The molecule has 134 valence electrons. The molecule has 1 aromatic carbocycles. The summed E-state index contributed by atoms with van der Waals surface area (Å²) in [5.74, 6) is 0.268. The number of carbonyl (C=O) groups is 1. The number of H-pyrrole nitrogens is 1. The fourth-order valence-electron chi connectivity index (χ4n) is 2.56. The third-order valence-corrected chi connectivity index (χ3v) is 3.86. The van der Waals surface area contributed by atoms with E-state index in [9.17, 15) is 14.9 Å². The van der Waals surface area contributed by atoms with Gasteiger partial charge < -0.3 is 15.0 Å². The first kappa shape index (κ1) is 17.4. The Balaban J connectivity index is 1.38. The number of rotatable bonds is 8. The Labute approximate surface area is 149 Å². The number of para-hydroxylation sites is 1. The van der Waals surface area contributed by atoms with Crippen molar-refractivity contribution in [3.05, 3.63) is 64.5 Å². The van der Waals surface area contributed by atoms with Crippen LogP contribution in [0.15, 0.2) is 48.8 Å². The number of anilines is 1. The van der Waals surface area contributed by atoms with Crippen molar-refractivity contribution in [2.45, 2.75) is 12.8 Å². The smallest absolute Gasteiger partial charge is 0.310 e. The van der Waals surface area contributed by atoms with Gasteiger partial charge in [-0.05, 0) is 24.1 Å². The monoisotopic (exact) mass is 354 g/mol. The molecule has 0 aliphatic heterocycles. The molecule has 26 heavy (non-hydrogen) atoms. The number of fused-ring (bicyclic) bond motifs is 1. The van der Waals surface area contributed by atoms with Gasteiger partial charge in [0.1, 0.15) is 12.0 Å². The van der Waals surface area contributed by atoms with Crippen molar-refractivity contribution in [3.63, 3.8) is 0 Å². The second-order valence-corrected chi connectivity index (χ2v) is 5.70. The topological polar surface area (TPSA) is 110 Å². The predicted molar refractivity (Wildman–Crippen MR) is 97.0 cm³/mol. The quantitative estimate of drug-likeness (QED) is 0.278. The zero-order valence-corrected chi connectivity index (χ0v) is 14.0. The molecular formula is C18H18N4O4. The number of esters is 1. The summed E-state index contributed by atoms with van der Waals surface area (Å²) in [7, 11) is 0. The lowest BCUT2D eigenvalue weighted by Crippen LogP contribution is -2.12. The van der Waals surface area contributed by atoms with Crippen molar-refractivity contribution >= 4 is 28.4 Å². The van der Waals surface area contributed by atoms with Gasteiger partial charge in [0.15, 0.2) is 0 Å². The Morgan fingerprint density at radius 3 is 2.88 bits per heavy atom. The van der Waals surface area contributed by atoms with E-state index in [1.54, 1.807) is 6.07 Å². The average molecular weight is 354 g/mol. The van der Waals surface area contributed by atoms with Crippen LogP contribution in [0.25, 0.3) is 10.9 Å². The zero-order chi connectivity index (χ0) is 18.4. The third kappa shape index (κ3) is 4.35. The third-order valence-electron chi connectivity index (χ3n) is 3.86. The molecule has 0 aliphatic carbocycles. The summed E-state index contributed by atoms with van der Waals surface area (Å²) >= 11 is 0. The Morgan fingerprint density at radius 2 is 2.12 bits per heavy atom. The molecule has 0 atom stereocenters. The molecule has 3 rings (SSSR count). The highest BCUT2D eigenvalue weighted by Crippen LogP contribution is 2.18. The van der Waals surface area contributed by atoms with Gasteiger partial charge in [-0.1, -0.05) is 18.2 Å². The van der Waals surface area contributed by atoms with Crippen LogP contribution in [0.5, 0.6) is 0 Å². The molecule has 0 fully saturated rings. The maximum atomic E-state index is 12.0. The fraction of sp³-hybridized carbons (Fsp3) is 0.222. The largest absolute Gasteiger partial charge is 0.465 e. The van der Waals surface area contributed by atoms with E-state index in [0.717, 1.165) is 16.5 Å². The molecule has 0 spiro atoms. The number of hydrogen-bond acceptors (Lipinski definition) is 6. The highest BCUT2D eigenvalue weighted by molar-refractivity contribution is 5.87. The first-order valence-electron chi connectivity index (χ1n) is 8.18. The van der Waals surface area contributed by atoms with Crippen molar-refractivity contribution in [1.82, 2.24) is 9.97 Å². The number of ether oxygens (including phenoxy) is 1. The van der Waals surface area contributed by atoms with Crippen LogP contribution < -0.4 is 5.32 Å². The molecule has 0 unspecified atom stereocenters. The summed E-state index contributed by atoms with van der Waals surface area (Å²) in [4.78, 5) is 29.1. The van der Waals surface area contributed by atoms with Crippen molar-refractivity contribution in [2.75, 3.05) is 18.5 Å². The van der Waals surface area contributed by atoms with Crippen LogP contribution >= 0.6 is 0 Å². The normalized spacial score (nSPS) is 10.6. The Morgan fingerprint density at radius 1 is 1.27 bits per heavy atom. The second-order valence-electron chi connectivity index (χ2n) is 5.70. The second kappa shape index (κ2) is 8.11. The molecule has 0 bridgehead atoms. The molecular weight excluding hydrogens is 336 g/mol. The SMILES string of the molecule is O=C(Cc1c[nH]c2ccccc12)OCCCNc1ccc([N+](=O)[O-])cn1. The molecule has 2 aromatic heterocycles. The van der Waals surface area contributed by atoms with Crippen LogP contribution in [0, 0.1) is 10.1 Å². The minimum atomic E-state index is -0.496. The number of nitrogens with zero attached hydrogens (tertiary/aromatic N) is 2. The number of aromatic amines is 1. The van der Waals surface area contributed by atoms with E-state index >= 15 is 0 Å². The van der Waals surface area contributed by atoms with Gasteiger partial charge in [0.25, 0.3) is 5.69 Å². The van der Waals surface area contributed by atoms with Crippen molar-refractivity contribution in [1.29, 1.82) is 0 Å². The van der Waals surface area contributed by atoms with Crippen molar-refractivity contribution in [2.24, 2.45) is 0 Å². The van der Waals surface area contributed by atoms with Crippen molar-refractivity contribution in [3.8, 4) is 0 Å². The molecule has 8 nitrogen and oxygen atoms in total. The summed E-state index contributed by atoms with van der Waals surface area (Å²) < 4.78 is 5.25. The summed E-state index contributed by atoms with van der Waals surface area (Å²) in [5.41, 5.74) is 1.86. The van der Waals surface area contributed by atoms with E-state index in [1.165, 1.54) is 12.3 Å². The fourth-order valence-corrected chi connectivity index (χ4v) is 2.56. The van der Waals surface area contributed by atoms with E-state index in [0.29, 0.717) is 25.4 Å². The Bertz CT molecular complexity index is 905. The lowest BCUT2D eigenvalue weighted by Gasteiger charge is -2.06. The summed E-state index contributed by atoms with van der Waals surface area (Å²) in [6, 6.07) is 10.7. The average Bonchev–Trinajstić information content (AvgIpc) is 3.05. The van der Waals surface area contributed by atoms with Gasteiger partial charge in [0.2, 0.25) is 0 Å². The molecule has 0 saturated heterocycles. The lowest BCUT2D eigenvalue weighted by molar-refractivity contribution is -0.385. The van der Waals surface area contributed by atoms with E-state index in [1.807, 2.05) is 30.5 Å². The van der Waals surface area contributed by atoms with Gasteiger partial charge in [-0.25, -0.2) is 4.98 Å². The first-order valence-corrected chi connectivity index (χ1v) is 8.18. The molecule has 0 radical (unpaired) electrons. The summed E-state index contributed by atoms with van der Waals surface area (Å²) in [6.45, 7) is 0.840. The van der Waals surface area contributed by atoms with Crippen LogP contribution in [0.3, 0.4) is 0 Å². The summed E-state index contributed by atoms with van der Waals surface area (Å²) in [6.07, 6.45) is 3.86. The minimum Gasteiger partial charge on any atom is -0.465 e. The standard InChI is InChI=1S/C18H18N4O4/c23-18(10-13-11-20-16-5-2-1-4-15(13)16)26-9-3-8-19-17-7-6-14(12-21-17)22(24)25/h1-2,4-7,11-12,20H,3,8-10H2,(H,19,21). The predicted octanol–water partition coefficient (Wildman–Crippen LogP) is 3.06. The summed E-state index contributed by atoms with van der Waals surface area (Å²) in [5, 5.41) is 14.6. The number of nitrogens with one attached hydrogen (secondary N) is 2.